The first-order valence-electron chi connectivity index (χ1n) is 9.47. The molecular formula is C22H25NO4. The lowest BCUT2D eigenvalue weighted by molar-refractivity contribution is -0.121. The van der Waals surface area contributed by atoms with Gasteiger partial charge < -0.3 is 14.4 Å². The van der Waals surface area contributed by atoms with Gasteiger partial charge in [-0.2, -0.15) is 0 Å². The van der Waals surface area contributed by atoms with E-state index in [0.717, 1.165) is 42.7 Å². The molecule has 0 fully saturated rings. The monoisotopic (exact) mass is 367 g/mol. The maximum Gasteiger partial charge on any atom is 0.338 e. The minimum absolute atomic E-state index is 0.199. The lowest BCUT2D eigenvalue weighted by Gasteiger charge is -2.29. The topological polar surface area (TPSA) is 55.8 Å². The molecule has 0 radical (unpaired) electrons. The first-order valence-corrected chi connectivity index (χ1v) is 9.47. The van der Waals surface area contributed by atoms with Crippen LogP contribution in [0.3, 0.4) is 0 Å². The zero-order valence-electron chi connectivity index (χ0n) is 15.6. The molecule has 1 aliphatic rings. The van der Waals surface area contributed by atoms with Gasteiger partial charge in [0.2, 0.25) is 0 Å². The largest absolute Gasteiger partial charge is 0.494 e. The van der Waals surface area contributed by atoms with Gasteiger partial charge in [-0.1, -0.05) is 31.5 Å². The van der Waals surface area contributed by atoms with Gasteiger partial charge in [-0.3, -0.25) is 4.79 Å². The summed E-state index contributed by atoms with van der Waals surface area (Å²) < 4.78 is 10.8. The molecule has 0 atom stereocenters. The second-order valence-corrected chi connectivity index (χ2v) is 6.58. The van der Waals surface area contributed by atoms with Crippen LogP contribution in [-0.4, -0.2) is 31.6 Å². The van der Waals surface area contributed by atoms with Gasteiger partial charge in [-0.25, -0.2) is 4.79 Å². The van der Waals surface area contributed by atoms with Crippen LogP contribution in [-0.2, 0) is 16.0 Å². The number of hydrogen-bond acceptors (Lipinski definition) is 4. The highest BCUT2D eigenvalue weighted by molar-refractivity contribution is 5.98. The summed E-state index contributed by atoms with van der Waals surface area (Å²) in [6.45, 7) is 3.15. The fourth-order valence-electron chi connectivity index (χ4n) is 3.10. The molecule has 0 saturated heterocycles. The number of benzene rings is 2. The van der Waals surface area contributed by atoms with Gasteiger partial charge in [0.25, 0.3) is 5.91 Å². The van der Waals surface area contributed by atoms with Crippen LogP contribution in [0.5, 0.6) is 5.75 Å². The number of fused-ring (bicyclic) bond motifs is 1. The minimum Gasteiger partial charge on any atom is -0.494 e. The number of para-hydroxylation sites is 1. The number of carbonyl (C=O) groups is 2. The molecule has 3 rings (SSSR count). The normalized spacial score (nSPS) is 13.0. The number of aryl methyl sites for hydroxylation is 1. The van der Waals surface area contributed by atoms with E-state index >= 15 is 0 Å². The molecule has 5 heteroatoms. The minimum atomic E-state index is -0.506. The highest BCUT2D eigenvalue weighted by Crippen LogP contribution is 2.26. The third-order valence-corrected chi connectivity index (χ3v) is 4.59. The molecule has 0 spiro atoms. The molecule has 0 unspecified atom stereocenters. The molecule has 0 aromatic heterocycles. The van der Waals surface area contributed by atoms with Gasteiger partial charge in [-0.05, 0) is 55.2 Å². The lowest BCUT2D eigenvalue weighted by atomic mass is 10.0. The van der Waals surface area contributed by atoms with Crippen molar-refractivity contribution in [1.29, 1.82) is 0 Å². The van der Waals surface area contributed by atoms with E-state index in [2.05, 4.69) is 6.92 Å². The highest BCUT2D eigenvalue weighted by atomic mass is 16.5. The summed E-state index contributed by atoms with van der Waals surface area (Å²) in [7, 11) is 0. The maximum absolute atomic E-state index is 12.5. The molecule has 142 valence electrons. The van der Waals surface area contributed by atoms with Gasteiger partial charge in [-0.15, -0.1) is 0 Å². The number of esters is 1. The van der Waals surface area contributed by atoms with Gasteiger partial charge in [0.1, 0.15) is 5.75 Å². The van der Waals surface area contributed by atoms with E-state index in [0.29, 0.717) is 18.7 Å². The molecule has 1 amide bonds. The Labute approximate surface area is 159 Å². The number of carbonyl (C=O) groups excluding carboxylic acids is 2. The molecule has 27 heavy (non-hydrogen) atoms. The van der Waals surface area contributed by atoms with E-state index in [-0.39, 0.29) is 12.5 Å². The van der Waals surface area contributed by atoms with Crippen LogP contribution in [0, 0.1) is 0 Å². The van der Waals surface area contributed by atoms with Crippen LogP contribution in [0.25, 0.3) is 0 Å². The van der Waals surface area contributed by atoms with Crippen molar-refractivity contribution in [2.75, 3.05) is 24.7 Å². The Morgan fingerprint density at radius 2 is 1.85 bits per heavy atom. The van der Waals surface area contributed by atoms with Crippen LogP contribution < -0.4 is 9.64 Å². The summed E-state index contributed by atoms with van der Waals surface area (Å²) in [5.41, 5.74) is 2.48. The van der Waals surface area contributed by atoms with Crippen LogP contribution in [0.1, 0.15) is 42.1 Å². The maximum atomic E-state index is 12.5. The Bertz CT molecular complexity index is 785. The second kappa shape index (κ2) is 9.21. The van der Waals surface area contributed by atoms with Crippen molar-refractivity contribution in [3.63, 3.8) is 0 Å². The van der Waals surface area contributed by atoms with Gasteiger partial charge in [0.15, 0.2) is 6.61 Å². The number of rotatable bonds is 7. The lowest BCUT2D eigenvalue weighted by Crippen LogP contribution is -2.38. The van der Waals surface area contributed by atoms with Crippen LogP contribution in [0.4, 0.5) is 5.69 Å². The van der Waals surface area contributed by atoms with Crippen molar-refractivity contribution < 1.29 is 19.1 Å². The van der Waals surface area contributed by atoms with Crippen LogP contribution in [0.2, 0.25) is 0 Å². The summed E-state index contributed by atoms with van der Waals surface area (Å²) in [4.78, 5) is 26.4. The first kappa shape index (κ1) is 19.0. The predicted octanol–water partition coefficient (Wildman–Crippen LogP) is 4.00. The van der Waals surface area contributed by atoms with Crippen LogP contribution >= 0.6 is 0 Å². The molecular weight excluding hydrogens is 342 g/mol. The molecule has 0 N–H and O–H groups in total. The van der Waals surface area contributed by atoms with E-state index in [1.165, 1.54) is 0 Å². The number of ether oxygens (including phenoxy) is 2. The zero-order valence-corrected chi connectivity index (χ0v) is 15.6. The van der Waals surface area contributed by atoms with Gasteiger partial charge in [0, 0.05) is 12.2 Å². The Morgan fingerprint density at radius 1 is 1.07 bits per heavy atom. The Kier molecular flexibility index (Phi) is 6.47. The molecule has 0 bridgehead atoms. The summed E-state index contributed by atoms with van der Waals surface area (Å²) >= 11 is 0. The average Bonchev–Trinajstić information content (AvgIpc) is 2.72. The molecule has 1 heterocycles. The average molecular weight is 367 g/mol. The second-order valence-electron chi connectivity index (χ2n) is 6.58. The van der Waals surface area contributed by atoms with Gasteiger partial charge >= 0.3 is 5.97 Å². The highest BCUT2D eigenvalue weighted by Gasteiger charge is 2.23. The summed E-state index contributed by atoms with van der Waals surface area (Å²) in [5, 5.41) is 0. The molecule has 2 aromatic carbocycles. The third-order valence-electron chi connectivity index (χ3n) is 4.59. The molecule has 1 aliphatic heterocycles. The Morgan fingerprint density at radius 3 is 2.63 bits per heavy atom. The van der Waals surface area contributed by atoms with Crippen molar-refractivity contribution in [2.45, 2.75) is 32.6 Å². The summed E-state index contributed by atoms with van der Waals surface area (Å²) in [6.07, 6.45) is 3.94. The van der Waals surface area contributed by atoms with E-state index in [4.69, 9.17) is 9.47 Å². The molecule has 2 aromatic rings. The first-order chi connectivity index (χ1) is 13.2. The number of amides is 1. The van der Waals surface area contributed by atoms with Crippen molar-refractivity contribution in [2.24, 2.45) is 0 Å². The predicted molar refractivity (Wildman–Crippen MR) is 104 cm³/mol. The zero-order chi connectivity index (χ0) is 19.1. The summed E-state index contributed by atoms with van der Waals surface area (Å²) in [5.74, 6) is 0.0183. The van der Waals surface area contributed by atoms with Gasteiger partial charge in [0.05, 0.1) is 12.2 Å². The van der Waals surface area contributed by atoms with Crippen molar-refractivity contribution >= 4 is 17.6 Å². The molecule has 0 saturated carbocycles. The third kappa shape index (κ3) is 4.88. The van der Waals surface area contributed by atoms with Crippen molar-refractivity contribution in [3.8, 4) is 5.75 Å². The van der Waals surface area contributed by atoms with Crippen molar-refractivity contribution in [1.82, 2.24) is 0 Å². The van der Waals surface area contributed by atoms with Crippen molar-refractivity contribution in [3.05, 3.63) is 59.7 Å². The molecule has 0 aliphatic carbocycles. The quantitative estimate of drug-likeness (QED) is 0.548. The van der Waals surface area contributed by atoms with E-state index in [1.807, 2.05) is 24.3 Å². The Hall–Kier alpha value is -2.82. The fraction of sp³-hybridized carbons (Fsp3) is 0.364. The molecule has 5 nitrogen and oxygen atoms in total. The smallest absolute Gasteiger partial charge is 0.338 e. The standard InChI is InChI=1S/C22H25NO4/c1-2-3-15-26-19-12-10-18(11-13-19)22(25)27-16-21(24)23-14-6-8-17-7-4-5-9-20(17)23/h4-5,7,9-13H,2-3,6,8,14-16H2,1H3. The van der Waals surface area contributed by atoms with E-state index in [1.54, 1.807) is 29.2 Å². The van der Waals surface area contributed by atoms with E-state index in [9.17, 15) is 9.59 Å². The van der Waals surface area contributed by atoms with E-state index < -0.39 is 5.97 Å². The van der Waals surface area contributed by atoms with Crippen LogP contribution in [0.15, 0.2) is 48.5 Å². The number of nitrogens with zero attached hydrogens (tertiary/aromatic N) is 1. The number of anilines is 1. The summed E-state index contributed by atoms with van der Waals surface area (Å²) in [6, 6.07) is 14.7. The SMILES string of the molecule is CCCCOc1ccc(C(=O)OCC(=O)N2CCCc3ccccc32)cc1. The fourth-order valence-corrected chi connectivity index (χ4v) is 3.10. The number of unbranched alkanes of at least 4 members (excludes halogenated alkanes) is 1. The number of hydrogen-bond donors (Lipinski definition) is 0. The Balaban J connectivity index is 1.54.